The van der Waals surface area contributed by atoms with Gasteiger partial charge in [-0.25, -0.2) is 0 Å². The van der Waals surface area contributed by atoms with Gasteiger partial charge in [0.1, 0.15) is 5.82 Å². The lowest BCUT2D eigenvalue weighted by Crippen LogP contribution is -2.29. The van der Waals surface area contributed by atoms with Crippen LogP contribution in [0.25, 0.3) is 0 Å². The summed E-state index contributed by atoms with van der Waals surface area (Å²) in [6, 6.07) is 3.77. The van der Waals surface area contributed by atoms with Crippen molar-refractivity contribution in [1.82, 2.24) is 4.98 Å². The zero-order chi connectivity index (χ0) is 13.7. The largest absolute Gasteiger partial charge is 0.476 e. The van der Waals surface area contributed by atoms with Gasteiger partial charge in [0.05, 0.1) is 18.4 Å². The Hall–Kier alpha value is -1.49. The number of anilines is 2. The molecule has 0 aliphatic carbocycles. The highest BCUT2D eigenvalue weighted by Gasteiger charge is 2.18. The van der Waals surface area contributed by atoms with E-state index >= 15 is 0 Å². The van der Waals surface area contributed by atoms with Gasteiger partial charge in [0, 0.05) is 20.2 Å². The second-order valence-corrected chi connectivity index (χ2v) is 4.93. The molecule has 1 saturated heterocycles. The summed E-state index contributed by atoms with van der Waals surface area (Å²) in [6.45, 7) is 4.42. The first-order chi connectivity index (χ1) is 9.20. The standard InChI is InChI=1S/C14H23N3O2/c1-3-8-19-14-12(15)6-7-13(16-14)17(2)10-11-5-4-9-18-11/h6-7,11H,3-5,8-10,15H2,1-2H3. The van der Waals surface area contributed by atoms with Crippen molar-refractivity contribution in [3.05, 3.63) is 12.1 Å². The highest BCUT2D eigenvalue weighted by atomic mass is 16.5. The van der Waals surface area contributed by atoms with Gasteiger partial charge in [-0.1, -0.05) is 6.92 Å². The molecule has 0 amide bonds. The molecule has 1 atom stereocenters. The number of likely N-dealkylation sites (N-methyl/N-ethyl adjacent to an activating group) is 1. The van der Waals surface area contributed by atoms with Crippen LogP contribution < -0.4 is 15.4 Å². The molecule has 0 saturated carbocycles. The number of nitrogen functional groups attached to an aromatic ring is 1. The first-order valence-corrected chi connectivity index (χ1v) is 6.92. The normalized spacial score (nSPS) is 18.5. The average molecular weight is 265 g/mol. The van der Waals surface area contributed by atoms with Crippen molar-refractivity contribution in [3.8, 4) is 5.88 Å². The van der Waals surface area contributed by atoms with Gasteiger partial charge < -0.3 is 20.1 Å². The van der Waals surface area contributed by atoms with E-state index in [1.165, 1.54) is 0 Å². The smallest absolute Gasteiger partial charge is 0.239 e. The Morgan fingerprint density at radius 3 is 3.05 bits per heavy atom. The van der Waals surface area contributed by atoms with E-state index in [9.17, 15) is 0 Å². The number of hydrogen-bond donors (Lipinski definition) is 1. The minimum Gasteiger partial charge on any atom is -0.476 e. The summed E-state index contributed by atoms with van der Waals surface area (Å²) in [4.78, 5) is 6.57. The molecule has 1 aliphatic rings. The van der Waals surface area contributed by atoms with Crippen molar-refractivity contribution in [3.63, 3.8) is 0 Å². The van der Waals surface area contributed by atoms with Gasteiger partial charge in [-0.15, -0.1) is 0 Å². The van der Waals surface area contributed by atoms with Crippen molar-refractivity contribution in [2.24, 2.45) is 0 Å². The maximum Gasteiger partial charge on any atom is 0.239 e. The third-order valence-electron chi connectivity index (χ3n) is 3.21. The summed E-state index contributed by atoms with van der Waals surface area (Å²) in [5.41, 5.74) is 6.45. The Bertz CT molecular complexity index is 406. The number of rotatable bonds is 6. The first kappa shape index (κ1) is 13.9. The zero-order valence-corrected chi connectivity index (χ0v) is 11.8. The minimum atomic E-state index is 0.310. The fourth-order valence-electron chi connectivity index (χ4n) is 2.16. The molecule has 2 rings (SSSR count). The third-order valence-corrected chi connectivity index (χ3v) is 3.21. The topological polar surface area (TPSA) is 60.6 Å². The van der Waals surface area contributed by atoms with E-state index in [-0.39, 0.29) is 0 Å². The molecule has 19 heavy (non-hydrogen) atoms. The predicted octanol–water partition coefficient (Wildman–Crippen LogP) is 2.07. The molecular weight excluding hydrogens is 242 g/mol. The summed E-state index contributed by atoms with van der Waals surface area (Å²) in [6.07, 6.45) is 3.53. The Labute approximate surface area is 114 Å². The molecule has 106 valence electrons. The van der Waals surface area contributed by atoms with E-state index in [0.717, 1.165) is 38.2 Å². The molecule has 1 aromatic heterocycles. The molecule has 0 aromatic carbocycles. The van der Waals surface area contributed by atoms with E-state index in [0.29, 0.717) is 24.3 Å². The summed E-state index contributed by atoms with van der Waals surface area (Å²) < 4.78 is 11.2. The molecule has 5 heteroatoms. The van der Waals surface area contributed by atoms with Crippen molar-refractivity contribution in [2.75, 3.05) is 37.4 Å². The number of aromatic nitrogens is 1. The number of ether oxygens (including phenoxy) is 2. The highest BCUT2D eigenvalue weighted by molar-refractivity contribution is 5.54. The second kappa shape index (κ2) is 6.61. The van der Waals surface area contributed by atoms with Crippen LogP contribution in [0.3, 0.4) is 0 Å². The van der Waals surface area contributed by atoms with Crippen LogP contribution in [0.15, 0.2) is 12.1 Å². The van der Waals surface area contributed by atoms with Gasteiger partial charge >= 0.3 is 0 Å². The number of pyridine rings is 1. The fourth-order valence-corrected chi connectivity index (χ4v) is 2.16. The van der Waals surface area contributed by atoms with E-state index in [4.69, 9.17) is 15.2 Å². The molecule has 1 fully saturated rings. The lowest BCUT2D eigenvalue weighted by atomic mass is 10.2. The van der Waals surface area contributed by atoms with Gasteiger partial charge in [-0.2, -0.15) is 4.98 Å². The summed E-state index contributed by atoms with van der Waals surface area (Å²) in [7, 11) is 2.02. The van der Waals surface area contributed by atoms with Crippen LogP contribution in [0.4, 0.5) is 11.5 Å². The monoisotopic (exact) mass is 265 g/mol. The molecule has 1 aromatic rings. The third kappa shape index (κ3) is 3.73. The minimum absolute atomic E-state index is 0.310. The Morgan fingerprint density at radius 1 is 1.53 bits per heavy atom. The van der Waals surface area contributed by atoms with Crippen LogP contribution in [0.1, 0.15) is 26.2 Å². The first-order valence-electron chi connectivity index (χ1n) is 6.92. The Kier molecular flexibility index (Phi) is 4.85. The second-order valence-electron chi connectivity index (χ2n) is 4.93. The molecule has 5 nitrogen and oxygen atoms in total. The quantitative estimate of drug-likeness (QED) is 0.853. The number of nitrogens with two attached hydrogens (primary N) is 1. The number of nitrogens with zero attached hydrogens (tertiary/aromatic N) is 2. The van der Waals surface area contributed by atoms with Crippen molar-refractivity contribution in [1.29, 1.82) is 0 Å². The van der Waals surface area contributed by atoms with E-state index in [2.05, 4.69) is 16.8 Å². The van der Waals surface area contributed by atoms with Gasteiger partial charge in [-0.3, -0.25) is 0 Å². The molecule has 1 aliphatic heterocycles. The molecular formula is C14H23N3O2. The van der Waals surface area contributed by atoms with Gasteiger partial charge in [0.15, 0.2) is 0 Å². The maximum atomic E-state index is 5.86. The Morgan fingerprint density at radius 2 is 2.37 bits per heavy atom. The van der Waals surface area contributed by atoms with Crippen molar-refractivity contribution < 1.29 is 9.47 Å². The molecule has 1 unspecified atom stereocenters. The van der Waals surface area contributed by atoms with Gasteiger partial charge in [0.25, 0.3) is 0 Å². The van der Waals surface area contributed by atoms with Crippen molar-refractivity contribution in [2.45, 2.75) is 32.3 Å². The molecule has 0 radical (unpaired) electrons. The summed E-state index contributed by atoms with van der Waals surface area (Å²) in [5.74, 6) is 1.40. The fraction of sp³-hybridized carbons (Fsp3) is 0.643. The molecule has 0 bridgehead atoms. The number of hydrogen-bond acceptors (Lipinski definition) is 5. The van der Waals surface area contributed by atoms with Crippen LogP contribution in [-0.4, -0.2) is 37.9 Å². The predicted molar refractivity (Wildman–Crippen MR) is 76.7 cm³/mol. The molecule has 2 N–H and O–H groups in total. The lowest BCUT2D eigenvalue weighted by molar-refractivity contribution is 0.116. The van der Waals surface area contributed by atoms with Crippen LogP contribution in [0, 0.1) is 0 Å². The summed E-state index contributed by atoms with van der Waals surface area (Å²) in [5, 5.41) is 0. The van der Waals surface area contributed by atoms with E-state index in [1.54, 1.807) is 0 Å². The maximum absolute atomic E-state index is 5.86. The highest BCUT2D eigenvalue weighted by Crippen LogP contribution is 2.24. The Balaban J connectivity index is 2.01. The SMILES string of the molecule is CCCOc1nc(N(C)CC2CCCO2)ccc1N. The lowest BCUT2D eigenvalue weighted by Gasteiger charge is -2.22. The summed E-state index contributed by atoms with van der Waals surface area (Å²) >= 11 is 0. The van der Waals surface area contributed by atoms with E-state index < -0.39 is 0 Å². The van der Waals surface area contributed by atoms with Crippen molar-refractivity contribution >= 4 is 11.5 Å². The van der Waals surface area contributed by atoms with Gasteiger partial charge in [-0.05, 0) is 31.4 Å². The average Bonchev–Trinajstić information content (AvgIpc) is 2.90. The van der Waals surface area contributed by atoms with Crippen LogP contribution in [0.2, 0.25) is 0 Å². The van der Waals surface area contributed by atoms with E-state index in [1.807, 2.05) is 19.2 Å². The molecule has 2 heterocycles. The van der Waals surface area contributed by atoms with Gasteiger partial charge in [0.2, 0.25) is 5.88 Å². The van der Waals surface area contributed by atoms with Crippen LogP contribution in [0.5, 0.6) is 5.88 Å². The van der Waals surface area contributed by atoms with Crippen LogP contribution >= 0.6 is 0 Å². The zero-order valence-electron chi connectivity index (χ0n) is 11.8. The van der Waals surface area contributed by atoms with Crippen LogP contribution in [-0.2, 0) is 4.74 Å². The molecule has 0 spiro atoms.